The predicted octanol–water partition coefficient (Wildman–Crippen LogP) is 0.902. The lowest BCUT2D eigenvalue weighted by Crippen LogP contribution is -2.47. The summed E-state index contributed by atoms with van der Waals surface area (Å²) in [5, 5.41) is 0. The van der Waals surface area contributed by atoms with E-state index in [4.69, 9.17) is 5.73 Å². The van der Waals surface area contributed by atoms with Gasteiger partial charge in [0.1, 0.15) is 0 Å². The minimum absolute atomic E-state index is 0.0371. The Labute approximate surface area is 79.6 Å². The maximum atomic E-state index is 11.1. The van der Waals surface area contributed by atoms with Gasteiger partial charge in [0.05, 0.1) is 6.04 Å². The highest BCUT2D eigenvalue weighted by atomic mass is 16.1. The SMILES string of the molecule is C/C=C/CN1CCCCC1C(N)=O. The molecule has 1 fully saturated rings. The van der Waals surface area contributed by atoms with Gasteiger partial charge in [0.15, 0.2) is 0 Å². The van der Waals surface area contributed by atoms with E-state index in [-0.39, 0.29) is 11.9 Å². The number of allylic oxidation sites excluding steroid dienone is 1. The van der Waals surface area contributed by atoms with Crippen molar-refractivity contribution in [3.05, 3.63) is 12.2 Å². The van der Waals surface area contributed by atoms with Gasteiger partial charge >= 0.3 is 0 Å². The van der Waals surface area contributed by atoms with Gasteiger partial charge in [-0.25, -0.2) is 0 Å². The highest BCUT2D eigenvalue weighted by Gasteiger charge is 2.25. The van der Waals surface area contributed by atoms with Gasteiger partial charge in [-0.2, -0.15) is 0 Å². The lowest BCUT2D eigenvalue weighted by atomic mass is 10.0. The minimum Gasteiger partial charge on any atom is -0.368 e. The fourth-order valence-corrected chi connectivity index (χ4v) is 1.77. The molecule has 3 nitrogen and oxygen atoms in total. The first-order valence-corrected chi connectivity index (χ1v) is 4.90. The Balaban J connectivity index is 2.51. The molecule has 1 rings (SSSR count). The van der Waals surface area contributed by atoms with Crippen molar-refractivity contribution >= 4 is 5.91 Å². The van der Waals surface area contributed by atoms with Crippen molar-refractivity contribution in [3.63, 3.8) is 0 Å². The second-order valence-electron chi connectivity index (χ2n) is 3.48. The smallest absolute Gasteiger partial charge is 0.234 e. The second-order valence-corrected chi connectivity index (χ2v) is 3.48. The zero-order valence-electron chi connectivity index (χ0n) is 8.20. The second kappa shape index (κ2) is 5.02. The average molecular weight is 182 g/mol. The molecule has 0 radical (unpaired) electrons. The molecular weight excluding hydrogens is 164 g/mol. The predicted molar refractivity (Wildman–Crippen MR) is 53.2 cm³/mol. The first kappa shape index (κ1) is 10.3. The van der Waals surface area contributed by atoms with Crippen LogP contribution in [0.3, 0.4) is 0 Å². The lowest BCUT2D eigenvalue weighted by molar-refractivity contribution is -0.124. The topological polar surface area (TPSA) is 46.3 Å². The Morgan fingerprint density at radius 3 is 3.00 bits per heavy atom. The summed E-state index contributed by atoms with van der Waals surface area (Å²) in [7, 11) is 0. The number of hydrogen-bond acceptors (Lipinski definition) is 2. The van der Waals surface area contributed by atoms with Crippen LogP contribution in [0.4, 0.5) is 0 Å². The molecule has 1 aliphatic rings. The van der Waals surface area contributed by atoms with Gasteiger partial charge in [-0.05, 0) is 26.3 Å². The maximum Gasteiger partial charge on any atom is 0.234 e. The van der Waals surface area contributed by atoms with Crippen LogP contribution in [0.15, 0.2) is 12.2 Å². The zero-order chi connectivity index (χ0) is 9.68. The monoisotopic (exact) mass is 182 g/mol. The molecule has 0 bridgehead atoms. The Hall–Kier alpha value is -0.830. The first-order chi connectivity index (χ1) is 6.25. The molecule has 2 N–H and O–H groups in total. The molecular formula is C10H18N2O. The molecule has 0 aromatic heterocycles. The zero-order valence-corrected chi connectivity index (χ0v) is 8.20. The largest absolute Gasteiger partial charge is 0.368 e. The van der Waals surface area contributed by atoms with Gasteiger partial charge in [0.2, 0.25) is 5.91 Å². The third-order valence-corrected chi connectivity index (χ3v) is 2.52. The highest BCUT2D eigenvalue weighted by Crippen LogP contribution is 2.16. The van der Waals surface area contributed by atoms with Gasteiger partial charge in [-0.1, -0.05) is 18.6 Å². The van der Waals surface area contributed by atoms with Crippen LogP contribution in [0.2, 0.25) is 0 Å². The molecule has 0 aromatic rings. The summed E-state index contributed by atoms with van der Waals surface area (Å²) >= 11 is 0. The average Bonchev–Trinajstić information content (AvgIpc) is 2.15. The van der Waals surface area contributed by atoms with Gasteiger partial charge in [-0.15, -0.1) is 0 Å². The number of nitrogens with two attached hydrogens (primary N) is 1. The van der Waals surface area contributed by atoms with Crippen LogP contribution in [0, 0.1) is 0 Å². The van der Waals surface area contributed by atoms with E-state index in [0.29, 0.717) is 0 Å². The number of hydrogen-bond donors (Lipinski definition) is 1. The van der Waals surface area contributed by atoms with E-state index in [1.54, 1.807) is 0 Å². The van der Waals surface area contributed by atoms with Crippen LogP contribution in [0.25, 0.3) is 0 Å². The Morgan fingerprint density at radius 1 is 1.62 bits per heavy atom. The van der Waals surface area contributed by atoms with E-state index in [1.165, 1.54) is 6.42 Å². The van der Waals surface area contributed by atoms with Crippen LogP contribution < -0.4 is 5.73 Å². The van der Waals surface area contributed by atoms with E-state index in [1.807, 2.05) is 13.0 Å². The van der Waals surface area contributed by atoms with E-state index in [0.717, 1.165) is 25.9 Å². The van der Waals surface area contributed by atoms with Crippen LogP contribution in [-0.2, 0) is 4.79 Å². The number of piperidine rings is 1. The number of amides is 1. The maximum absolute atomic E-state index is 11.1. The van der Waals surface area contributed by atoms with Crippen LogP contribution in [0.1, 0.15) is 26.2 Å². The number of carbonyl (C=O) groups is 1. The highest BCUT2D eigenvalue weighted by molar-refractivity contribution is 5.79. The van der Waals surface area contributed by atoms with Crippen molar-refractivity contribution in [1.82, 2.24) is 4.90 Å². The summed E-state index contributed by atoms with van der Waals surface area (Å²) in [4.78, 5) is 13.2. The van der Waals surface area contributed by atoms with Crippen LogP contribution in [-0.4, -0.2) is 29.9 Å². The van der Waals surface area contributed by atoms with E-state index < -0.39 is 0 Å². The molecule has 3 heteroatoms. The molecule has 1 heterocycles. The van der Waals surface area contributed by atoms with Crippen molar-refractivity contribution in [3.8, 4) is 0 Å². The van der Waals surface area contributed by atoms with Gasteiger partial charge in [-0.3, -0.25) is 9.69 Å². The number of primary amides is 1. The Kier molecular flexibility index (Phi) is 3.96. The van der Waals surface area contributed by atoms with Crippen molar-refractivity contribution in [2.24, 2.45) is 5.73 Å². The summed E-state index contributed by atoms with van der Waals surface area (Å²) < 4.78 is 0. The normalized spacial score (nSPS) is 25.2. The fourth-order valence-electron chi connectivity index (χ4n) is 1.77. The summed E-state index contributed by atoms with van der Waals surface area (Å²) in [6, 6.07) is -0.0371. The third-order valence-electron chi connectivity index (χ3n) is 2.52. The molecule has 74 valence electrons. The van der Waals surface area contributed by atoms with Crippen molar-refractivity contribution in [2.45, 2.75) is 32.2 Å². The molecule has 1 saturated heterocycles. The molecule has 13 heavy (non-hydrogen) atoms. The van der Waals surface area contributed by atoms with Gasteiger partial charge in [0, 0.05) is 6.54 Å². The quantitative estimate of drug-likeness (QED) is 0.659. The van der Waals surface area contributed by atoms with Crippen LogP contribution in [0.5, 0.6) is 0 Å². The van der Waals surface area contributed by atoms with Gasteiger partial charge < -0.3 is 5.73 Å². The van der Waals surface area contributed by atoms with Crippen molar-refractivity contribution in [1.29, 1.82) is 0 Å². The number of carbonyl (C=O) groups excluding carboxylic acids is 1. The molecule has 1 aliphatic heterocycles. The molecule has 1 atom stereocenters. The summed E-state index contributed by atoms with van der Waals surface area (Å²) in [6.07, 6.45) is 7.31. The van der Waals surface area contributed by atoms with E-state index >= 15 is 0 Å². The van der Waals surface area contributed by atoms with Crippen molar-refractivity contribution in [2.75, 3.05) is 13.1 Å². The molecule has 0 spiro atoms. The molecule has 1 unspecified atom stereocenters. The molecule has 0 aliphatic carbocycles. The lowest BCUT2D eigenvalue weighted by Gasteiger charge is -2.32. The molecule has 1 amide bonds. The Morgan fingerprint density at radius 2 is 2.38 bits per heavy atom. The first-order valence-electron chi connectivity index (χ1n) is 4.90. The minimum atomic E-state index is -0.177. The molecule has 0 aromatic carbocycles. The Bertz CT molecular complexity index is 201. The van der Waals surface area contributed by atoms with E-state index in [2.05, 4.69) is 11.0 Å². The van der Waals surface area contributed by atoms with Crippen LogP contribution >= 0.6 is 0 Å². The van der Waals surface area contributed by atoms with Crippen molar-refractivity contribution < 1.29 is 4.79 Å². The number of likely N-dealkylation sites (tertiary alicyclic amines) is 1. The summed E-state index contributed by atoms with van der Waals surface area (Å²) in [5.41, 5.74) is 5.32. The van der Waals surface area contributed by atoms with E-state index in [9.17, 15) is 4.79 Å². The number of rotatable bonds is 3. The summed E-state index contributed by atoms with van der Waals surface area (Å²) in [5.74, 6) is -0.177. The summed E-state index contributed by atoms with van der Waals surface area (Å²) in [6.45, 7) is 3.84. The fraction of sp³-hybridized carbons (Fsp3) is 0.700. The van der Waals surface area contributed by atoms with Gasteiger partial charge in [0.25, 0.3) is 0 Å². The third kappa shape index (κ3) is 2.84. The number of nitrogens with zero attached hydrogens (tertiary/aromatic N) is 1. The molecule has 0 saturated carbocycles. The standard InChI is InChI=1S/C10H18N2O/c1-2-3-7-12-8-5-4-6-9(12)10(11)13/h2-3,9H,4-8H2,1H3,(H2,11,13)/b3-2+.